The smallest absolute Gasteiger partial charge is 0.475 e. The van der Waals surface area contributed by atoms with Gasteiger partial charge in [0.2, 0.25) is 0 Å². The second-order valence-corrected chi connectivity index (χ2v) is 10.2. The van der Waals surface area contributed by atoms with E-state index < -0.39 is 36.4 Å². The number of piperidine rings is 1. The fourth-order valence-electron chi connectivity index (χ4n) is 4.20. The fourth-order valence-corrected chi connectivity index (χ4v) is 4.20. The number of aliphatic carboxylic acids is 3. The van der Waals surface area contributed by atoms with Crippen LogP contribution in [0.1, 0.15) is 30.0 Å². The van der Waals surface area contributed by atoms with Crippen molar-refractivity contribution >= 4 is 28.9 Å². The molecule has 12 nitrogen and oxygen atoms in total. The number of rotatable bonds is 4. The van der Waals surface area contributed by atoms with Crippen LogP contribution < -0.4 is 0 Å². The number of pyridine rings is 3. The van der Waals surface area contributed by atoms with Crippen molar-refractivity contribution in [2.45, 2.75) is 43.8 Å². The molecular weight excluding hydrogens is 699 g/mol. The van der Waals surface area contributed by atoms with E-state index in [2.05, 4.69) is 42.6 Å². The Morgan fingerprint density at radius 2 is 1.28 bits per heavy atom. The normalized spacial score (nSPS) is 13.9. The first-order valence-electron chi connectivity index (χ1n) is 13.8. The molecule has 5 rings (SSSR count). The van der Waals surface area contributed by atoms with Crippen LogP contribution in [0.3, 0.4) is 0 Å². The van der Waals surface area contributed by atoms with Crippen LogP contribution in [0.25, 0.3) is 22.3 Å². The van der Waals surface area contributed by atoms with E-state index in [1.54, 1.807) is 6.20 Å². The highest BCUT2D eigenvalue weighted by Crippen LogP contribution is 2.33. The molecule has 1 aliphatic heterocycles. The zero-order valence-corrected chi connectivity index (χ0v) is 25.5. The van der Waals surface area contributed by atoms with Crippen molar-refractivity contribution in [2.24, 2.45) is 7.05 Å². The molecule has 50 heavy (non-hydrogen) atoms. The molecule has 0 saturated carbocycles. The van der Waals surface area contributed by atoms with Gasteiger partial charge in [-0.05, 0) is 55.8 Å². The summed E-state index contributed by atoms with van der Waals surface area (Å²) >= 11 is 0. The maximum absolute atomic E-state index is 10.6. The number of fused-ring (bicyclic) bond motifs is 1. The highest BCUT2D eigenvalue weighted by atomic mass is 19.4. The van der Waals surface area contributed by atoms with Gasteiger partial charge < -0.3 is 19.9 Å². The van der Waals surface area contributed by atoms with E-state index in [1.165, 1.54) is 11.3 Å². The van der Waals surface area contributed by atoms with Crippen molar-refractivity contribution in [3.63, 3.8) is 0 Å². The highest BCUT2D eigenvalue weighted by molar-refractivity contribution is 5.89. The molecule has 4 aromatic rings. The minimum absolute atomic E-state index is 0.467. The maximum Gasteiger partial charge on any atom is 0.490 e. The van der Waals surface area contributed by atoms with E-state index in [-0.39, 0.29) is 0 Å². The van der Waals surface area contributed by atoms with Crippen molar-refractivity contribution in [1.82, 2.24) is 29.4 Å². The summed E-state index contributed by atoms with van der Waals surface area (Å²) < 4.78 is 97.3. The summed E-state index contributed by atoms with van der Waals surface area (Å²) in [5, 5.41) is 21.4. The standard InChI is InChI=1S/C23H24N6.3C2HF3O2/c1-28-16-26-23-21(28)12-20(27-22(23)19-5-3-9-25-14-19)18-6-10-29(11-7-18)15-17-4-2-8-24-13-17;3*3-2(4,5)1(6)7/h2-5,8-9,12-14,16,18H,6-7,10-11,15H2,1H3;3*(H,6,7). The van der Waals surface area contributed by atoms with Crippen LogP contribution in [0.5, 0.6) is 0 Å². The Hall–Kier alpha value is -5.34. The summed E-state index contributed by atoms with van der Waals surface area (Å²) in [4.78, 5) is 47.4. The van der Waals surface area contributed by atoms with E-state index >= 15 is 0 Å². The number of carboxylic acids is 3. The number of nitrogens with zero attached hydrogens (tertiary/aromatic N) is 6. The molecular formula is C29H27F9N6O6. The molecule has 0 radical (unpaired) electrons. The van der Waals surface area contributed by atoms with Crippen LogP contribution in [0, 0.1) is 0 Å². The topological polar surface area (TPSA) is 172 Å². The number of halogens is 9. The number of hydrogen-bond donors (Lipinski definition) is 3. The van der Waals surface area contributed by atoms with Crippen LogP contribution in [-0.2, 0) is 28.0 Å². The molecule has 272 valence electrons. The average molecular weight is 727 g/mol. The van der Waals surface area contributed by atoms with Crippen LogP contribution in [0.2, 0.25) is 0 Å². The second-order valence-electron chi connectivity index (χ2n) is 10.2. The third-order valence-corrected chi connectivity index (χ3v) is 6.53. The van der Waals surface area contributed by atoms with Crippen molar-refractivity contribution in [3.8, 4) is 11.3 Å². The summed E-state index contributed by atoms with van der Waals surface area (Å²) in [5.74, 6) is -7.80. The molecule has 1 fully saturated rings. The molecule has 0 amide bonds. The van der Waals surface area contributed by atoms with E-state index in [1.807, 2.05) is 44.1 Å². The molecule has 4 aromatic heterocycles. The number of alkyl halides is 9. The largest absolute Gasteiger partial charge is 0.490 e. The Bertz CT molecular complexity index is 1650. The number of likely N-dealkylation sites (tertiary alicyclic amines) is 1. The minimum Gasteiger partial charge on any atom is -0.475 e. The van der Waals surface area contributed by atoms with E-state index in [0.717, 1.165) is 54.8 Å². The summed E-state index contributed by atoms with van der Waals surface area (Å²) in [6.07, 6.45) is -3.70. The second kappa shape index (κ2) is 17.4. The number of hydrogen-bond acceptors (Lipinski definition) is 8. The van der Waals surface area contributed by atoms with Gasteiger partial charge in [0.15, 0.2) is 0 Å². The van der Waals surface area contributed by atoms with Gasteiger partial charge in [-0.2, -0.15) is 39.5 Å². The SMILES string of the molecule is Cn1cnc2c(-c3cccnc3)nc(C3CCN(Cc4cccnc4)CC3)cc21.O=C(O)C(F)(F)F.O=C(O)C(F)(F)F.O=C(O)C(F)(F)F. The molecule has 3 N–H and O–H groups in total. The Kier molecular flexibility index (Phi) is 14.2. The summed E-state index contributed by atoms with van der Waals surface area (Å²) in [6.45, 7) is 3.12. The number of carboxylic acid groups (broad SMARTS) is 3. The van der Waals surface area contributed by atoms with Gasteiger partial charge in [-0.1, -0.05) is 6.07 Å². The average Bonchev–Trinajstić information content (AvgIpc) is 3.42. The predicted octanol–water partition coefficient (Wildman–Crippen LogP) is 5.70. The first-order valence-corrected chi connectivity index (χ1v) is 13.8. The predicted molar refractivity (Wildman–Crippen MR) is 154 cm³/mol. The number of aromatic nitrogens is 5. The Labute approximate surface area is 275 Å². The van der Waals surface area contributed by atoms with E-state index in [0.29, 0.717) is 5.92 Å². The number of aryl methyl sites for hydroxylation is 1. The van der Waals surface area contributed by atoms with Crippen molar-refractivity contribution in [2.75, 3.05) is 13.1 Å². The molecule has 21 heteroatoms. The molecule has 5 heterocycles. The lowest BCUT2D eigenvalue weighted by molar-refractivity contribution is -0.193. The molecule has 0 bridgehead atoms. The number of imidazole rings is 1. The third kappa shape index (κ3) is 12.9. The van der Waals surface area contributed by atoms with Crippen LogP contribution in [-0.4, -0.2) is 94.2 Å². The summed E-state index contributed by atoms with van der Waals surface area (Å²) in [7, 11) is 2.04. The highest BCUT2D eigenvalue weighted by Gasteiger charge is 2.39. The van der Waals surface area contributed by atoms with Gasteiger partial charge in [0.05, 0.1) is 17.5 Å². The quantitative estimate of drug-likeness (QED) is 0.220. The van der Waals surface area contributed by atoms with Gasteiger partial charge in [0, 0.05) is 55.6 Å². The number of carbonyl (C=O) groups is 3. The lowest BCUT2D eigenvalue weighted by atomic mass is 9.92. The van der Waals surface area contributed by atoms with Gasteiger partial charge in [0.25, 0.3) is 0 Å². The van der Waals surface area contributed by atoms with Gasteiger partial charge in [-0.15, -0.1) is 0 Å². The maximum atomic E-state index is 10.6. The van der Waals surface area contributed by atoms with Crippen LogP contribution in [0.15, 0.2) is 61.4 Å². The lowest BCUT2D eigenvalue weighted by Gasteiger charge is -2.31. The summed E-state index contributed by atoms with van der Waals surface area (Å²) in [5.41, 5.74) is 6.47. The summed E-state index contributed by atoms with van der Waals surface area (Å²) in [6, 6.07) is 10.4. The van der Waals surface area contributed by atoms with E-state index in [9.17, 15) is 39.5 Å². The lowest BCUT2D eigenvalue weighted by Crippen LogP contribution is -2.32. The van der Waals surface area contributed by atoms with Crippen molar-refractivity contribution in [3.05, 3.63) is 72.7 Å². The minimum atomic E-state index is -5.08. The van der Waals surface area contributed by atoms with Gasteiger partial charge in [-0.25, -0.2) is 19.4 Å². The molecule has 0 aromatic carbocycles. The first-order chi connectivity index (χ1) is 23.1. The Morgan fingerprint density at radius 3 is 1.70 bits per heavy atom. The molecule has 0 atom stereocenters. The first kappa shape index (κ1) is 40.8. The zero-order chi connectivity index (χ0) is 37.9. The molecule has 1 aliphatic rings. The fraction of sp³-hybridized carbons (Fsp3) is 0.345. The van der Waals surface area contributed by atoms with Crippen molar-refractivity contribution in [1.29, 1.82) is 0 Å². The van der Waals surface area contributed by atoms with Crippen molar-refractivity contribution < 1.29 is 69.2 Å². The van der Waals surface area contributed by atoms with Gasteiger partial charge in [-0.3, -0.25) is 19.9 Å². The van der Waals surface area contributed by atoms with Gasteiger partial charge in [0.1, 0.15) is 5.52 Å². The monoisotopic (exact) mass is 726 g/mol. The molecule has 0 unspecified atom stereocenters. The molecule has 0 aliphatic carbocycles. The van der Waals surface area contributed by atoms with Gasteiger partial charge >= 0.3 is 36.4 Å². The van der Waals surface area contributed by atoms with E-state index in [4.69, 9.17) is 34.7 Å². The van der Waals surface area contributed by atoms with Crippen LogP contribution in [0.4, 0.5) is 39.5 Å². The Balaban J connectivity index is 0.000000338. The zero-order valence-electron chi connectivity index (χ0n) is 25.5. The molecule has 1 saturated heterocycles. The molecule has 0 spiro atoms. The van der Waals surface area contributed by atoms with Crippen LogP contribution >= 0.6 is 0 Å². The Morgan fingerprint density at radius 1 is 0.800 bits per heavy atom. The third-order valence-electron chi connectivity index (χ3n) is 6.53.